The summed E-state index contributed by atoms with van der Waals surface area (Å²) in [5, 5.41) is 12.3. The van der Waals surface area contributed by atoms with E-state index >= 15 is 0 Å². The lowest BCUT2D eigenvalue weighted by Gasteiger charge is -2.27. The lowest BCUT2D eigenvalue weighted by atomic mass is 10.0. The Hall–Kier alpha value is -0.940. The van der Waals surface area contributed by atoms with E-state index in [1.807, 2.05) is 0 Å². The SMILES string of the molecule is CCC1NCCn2c(C3CCCOC3)nnc21. The second-order valence-electron chi connectivity index (χ2n) is 4.90. The maximum absolute atomic E-state index is 5.55. The molecule has 1 N–H and O–H groups in total. The van der Waals surface area contributed by atoms with Crippen LogP contribution >= 0.6 is 0 Å². The molecular weight excluding hydrogens is 216 g/mol. The highest BCUT2D eigenvalue weighted by molar-refractivity contribution is 5.08. The first kappa shape index (κ1) is 11.2. The largest absolute Gasteiger partial charge is 0.381 e. The molecule has 2 atom stereocenters. The summed E-state index contributed by atoms with van der Waals surface area (Å²) in [6, 6.07) is 0.370. The molecule has 0 aromatic carbocycles. The lowest BCUT2D eigenvalue weighted by molar-refractivity contribution is 0.0766. The van der Waals surface area contributed by atoms with Gasteiger partial charge in [-0.3, -0.25) is 0 Å². The number of nitrogens with zero attached hydrogens (tertiary/aromatic N) is 3. The van der Waals surface area contributed by atoms with Crippen molar-refractivity contribution in [1.29, 1.82) is 0 Å². The molecule has 0 bridgehead atoms. The van der Waals surface area contributed by atoms with E-state index in [1.54, 1.807) is 0 Å². The van der Waals surface area contributed by atoms with E-state index in [-0.39, 0.29) is 0 Å². The molecule has 94 valence electrons. The van der Waals surface area contributed by atoms with Crippen molar-refractivity contribution in [2.75, 3.05) is 19.8 Å². The van der Waals surface area contributed by atoms with Crippen molar-refractivity contribution in [3.8, 4) is 0 Å². The van der Waals surface area contributed by atoms with Crippen LogP contribution in [0.2, 0.25) is 0 Å². The summed E-state index contributed by atoms with van der Waals surface area (Å²) in [4.78, 5) is 0. The third kappa shape index (κ3) is 1.98. The van der Waals surface area contributed by atoms with Gasteiger partial charge in [-0.25, -0.2) is 0 Å². The molecule has 1 saturated heterocycles. The molecule has 2 aliphatic heterocycles. The molecule has 0 spiro atoms. The molecule has 1 fully saturated rings. The third-order valence-corrected chi connectivity index (χ3v) is 3.78. The number of aromatic nitrogens is 3. The first-order valence-corrected chi connectivity index (χ1v) is 6.64. The summed E-state index contributed by atoms with van der Waals surface area (Å²) in [6.45, 7) is 5.90. The topological polar surface area (TPSA) is 52.0 Å². The summed E-state index contributed by atoms with van der Waals surface area (Å²) in [6.07, 6.45) is 3.39. The molecule has 2 aliphatic rings. The number of hydrogen-bond donors (Lipinski definition) is 1. The maximum Gasteiger partial charge on any atom is 0.150 e. The zero-order valence-corrected chi connectivity index (χ0v) is 10.4. The molecule has 5 nitrogen and oxygen atoms in total. The minimum atomic E-state index is 0.370. The van der Waals surface area contributed by atoms with Crippen molar-refractivity contribution in [3.63, 3.8) is 0 Å². The first-order valence-electron chi connectivity index (χ1n) is 6.64. The van der Waals surface area contributed by atoms with Gasteiger partial charge in [0, 0.05) is 25.6 Å². The van der Waals surface area contributed by atoms with Gasteiger partial charge in [0.15, 0.2) is 0 Å². The Morgan fingerprint density at radius 3 is 3.06 bits per heavy atom. The van der Waals surface area contributed by atoms with Crippen molar-refractivity contribution in [2.24, 2.45) is 0 Å². The maximum atomic E-state index is 5.55. The highest BCUT2D eigenvalue weighted by Gasteiger charge is 2.28. The molecule has 2 unspecified atom stereocenters. The fraction of sp³-hybridized carbons (Fsp3) is 0.833. The monoisotopic (exact) mass is 236 g/mol. The summed E-state index contributed by atoms with van der Waals surface area (Å²) < 4.78 is 7.86. The van der Waals surface area contributed by atoms with Crippen LogP contribution in [-0.2, 0) is 11.3 Å². The molecule has 3 rings (SSSR count). The van der Waals surface area contributed by atoms with Gasteiger partial charge in [0.1, 0.15) is 11.6 Å². The highest BCUT2D eigenvalue weighted by Crippen LogP contribution is 2.27. The van der Waals surface area contributed by atoms with Crippen LogP contribution < -0.4 is 5.32 Å². The second-order valence-corrected chi connectivity index (χ2v) is 4.90. The van der Waals surface area contributed by atoms with Gasteiger partial charge in [-0.15, -0.1) is 10.2 Å². The average Bonchev–Trinajstić information content (AvgIpc) is 2.83. The van der Waals surface area contributed by atoms with Gasteiger partial charge < -0.3 is 14.6 Å². The normalized spacial score (nSPS) is 29.0. The Bertz CT molecular complexity index is 384. The fourth-order valence-corrected chi connectivity index (χ4v) is 2.83. The lowest BCUT2D eigenvalue weighted by Crippen LogP contribution is -2.34. The number of ether oxygens (including phenoxy) is 1. The van der Waals surface area contributed by atoms with Gasteiger partial charge in [0.05, 0.1) is 12.6 Å². The summed E-state index contributed by atoms with van der Waals surface area (Å²) in [5.41, 5.74) is 0. The van der Waals surface area contributed by atoms with Crippen LogP contribution in [0.3, 0.4) is 0 Å². The van der Waals surface area contributed by atoms with Crippen molar-refractivity contribution in [2.45, 2.75) is 44.7 Å². The number of hydrogen-bond acceptors (Lipinski definition) is 4. The van der Waals surface area contributed by atoms with Crippen LogP contribution in [0.1, 0.15) is 49.8 Å². The Labute approximate surface area is 102 Å². The third-order valence-electron chi connectivity index (χ3n) is 3.78. The van der Waals surface area contributed by atoms with E-state index in [0.29, 0.717) is 12.0 Å². The first-order chi connectivity index (χ1) is 8.40. The van der Waals surface area contributed by atoms with Gasteiger partial charge in [0.2, 0.25) is 0 Å². The quantitative estimate of drug-likeness (QED) is 0.839. The standard InChI is InChI=1S/C12H20N4O/c1-2-10-12-15-14-11(16(12)6-5-13-10)9-4-3-7-17-8-9/h9-10,13H,2-8H2,1H3. The Kier molecular flexibility index (Phi) is 3.11. The summed E-state index contributed by atoms with van der Waals surface area (Å²) >= 11 is 0. The second kappa shape index (κ2) is 4.74. The van der Waals surface area contributed by atoms with Crippen LogP contribution in [0, 0.1) is 0 Å². The van der Waals surface area contributed by atoms with E-state index in [4.69, 9.17) is 4.74 Å². The minimum absolute atomic E-state index is 0.370. The fourth-order valence-electron chi connectivity index (χ4n) is 2.83. The zero-order chi connectivity index (χ0) is 11.7. The van der Waals surface area contributed by atoms with Crippen molar-refractivity contribution in [1.82, 2.24) is 20.1 Å². The van der Waals surface area contributed by atoms with E-state index in [0.717, 1.165) is 50.8 Å². The molecule has 3 heterocycles. The molecule has 17 heavy (non-hydrogen) atoms. The van der Waals surface area contributed by atoms with Gasteiger partial charge in [-0.05, 0) is 19.3 Å². The Morgan fingerprint density at radius 2 is 2.29 bits per heavy atom. The van der Waals surface area contributed by atoms with Crippen molar-refractivity contribution >= 4 is 0 Å². The van der Waals surface area contributed by atoms with Crippen molar-refractivity contribution in [3.05, 3.63) is 11.6 Å². The molecule has 0 radical (unpaired) electrons. The van der Waals surface area contributed by atoms with Gasteiger partial charge >= 0.3 is 0 Å². The summed E-state index contributed by atoms with van der Waals surface area (Å²) in [5.74, 6) is 2.69. The molecule has 1 aromatic heterocycles. The Balaban J connectivity index is 1.88. The van der Waals surface area contributed by atoms with E-state index in [2.05, 4.69) is 27.0 Å². The van der Waals surface area contributed by atoms with Crippen LogP contribution in [0.5, 0.6) is 0 Å². The van der Waals surface area contributed by atoms with Crippen LogP contribution in [-0.4, -0.2) is 34.5 Å². The van der Waals surface area contributed by atoms with E-state index in [1.165, 1.54) is 6.42 Å². The molecule has 1 aromatic rings. The van der Waals surface area contributed by atoms with Crippen LogP contribution in [0.15, 0.2) is 0 Å². The van der Waals surface area contributed by atoms with Crippen LogP contribution in [0.25, 0.3) is 0 Å². The number of rotatable bonds is 2. The minimum Gasteiger partial charge on any atom is -0.381 e. The smallest absolute Gasteiger partial charge is 0.150 e. The molecular formula is C12H20N4O. The summed E-state index contributed by atoms with van der Waals surface area (Å²) in [7, 11) is 0. The highest BCUT2D eigenvalue weighted by atomic mass is 16.5. The molecule has 5 heteroatoms. The molecule has 0 amide bonds. The predicted octanol–water partition coefficient (Wildman–Crippen LogP) is 1.23. The molecule has 0 aliphatic carbocycles. The van der Waals surface area contributed by atoms with Gasteiger partial charge in [0.25, 0.3) is 0 Å². The predicted molar refractivity (Wildman–Crippen MR) is 63.9 cm³/mol. The van der Waals surface area contributed by atoms with E-state index < -0.39 is 0 Å². The number of fused-ring (bicyclic) bond motifs is 1. The zero-order valence-electron chi connectivity index (χ0n) is 10.4. The van der Waals surface area contributed by atoms with Crippen molar-refractivity contribution < 1.29 is 4.74 Å². The van der Waals surface area contributed by atoms with E-state index in [9.17, 15) is 0 Å². The Morgan fingerprint density at radius 1 is 1.41 bits per heavy atom. The number of nitrogens with one attached hydrogen (secondary N) is 1. The van der Waals surface area contributed by atoms with Gasteiger partial charge in [-0.2, -0.15) is 0 Å². The van der Waals surface area contributed by atoms with Gasteiger partial charge in [-0.1, -0.05) is 6.92 Å². The average molecular weight is 236 g/mol. The molecule has 0 saturated carbocycles. The van der Waals surface area contributed by atoms with Crippen LogP contribution in [0.4, 0.5) is 0 Å².